The molecular formula is C13H16Br2ClNO2S. The van der Waals surface area contributed by atoms with E-state index in [1.807, 2.05) is 0 Å². The van der Waals surface area contributed by atoms with Crippen LogP contribution in [0.2, 0.25) is 0 Å². The standard InChI is InChI=1S/C13H16Br2ClNO2S/c14-11-4-5-12(15)13(6-11)20(18,19)17-8-10-3-1-2-9(10)7-16/h4-6,9-10,17H,1-3,7-8H2. The highest BCUT2D eigenvalue weighted by molar-refractivity contribution is 9.11. The summed E-state index contributed by atoms with van der Waals surface area (Å²) in [6.07, 6.45) is 3.26. The maximum Gasteiger partial charge on any atom is 0.241 e. The first-order chi connectivity index (χ1) is 9.44. The molecule has 1 N–H and O–H groups in total. The third kappa shape index (κ3) is 3.97. The lowest BCUT2D eigenvalue weighted by atomic mass is 9.98. The average Bonchev–Trinajstić information content (AvgIpc) is 2.86. The molecule has 0 radical (unpaired) electrons. The van der Waals surface area contributed by atoms with Gasteiger partial charge in [0.25, 0.3) is 0 Å². The van der Waals surface area contributed by atoms with Crippen LogP contribution in [-0.4, -0.2) is 20.8 Å². The minimum absolute atomic E-state index is 0.257. The first kappa shape index (κ1) is 16.7. The van der Waals surface area contributed by atoms with Gasteiger partial charge in [0.2, 0.25) is 10.0 Å². The molecule has 0 aliphatic heterocycles. The van der Waals surface area contributed by atoms with E-state index in [1.165, 1.54) is 0 Å². The van der Waals surface area contributed by atoms with Crippen LogP contribution in [0.1, 0.15) is 19.3 Å². The molecule has 1 aliphatic carbocycles. The Kier molecular flexibility index (Phi) is 5.94. The van der Waals surface area contributed by atoms with Gasteiger partial charge in [0.05, 0.1) is 4.90 Å². The van der Waals surface area contributed by atoms with E-state index in [-0.39, 0.29) is 4.90 Å². The molecule has 0 bridgehead atoms. The Morgan fingerprint density at radius 1 is 1.25 bits per heavy atom. The Morgan fingerprint density at radius 2 is 1.95 bits per heavy atom. The maximum atomic E-state index is 12.4. The molecule has 7 heteroatoms. The van der Waals surface area contributed by atoms with Crippen LogP contribution < -0.4 is 4.72 Å². The van der Waals surface area contributed by atoms with Crippen molar-refractivity contribution in [3.8, 4) is 0 Å². The normalized spacial score (nSPS) is 23.1. The summed E-state index contributed by atoms with van der Waals surface area (Å²) in [5.41, 5.74) is 0. The number of hydrogen-bond donors (Lipinski definition) is 1. The molecule has 20 heavy (non-hydrogen) atoms. The summed E-state index contributed by atoms with van der Waals surface area (Å²) >= 11 is 12.5. The molecule has 1 saturated carbocycles. The van der Waals surface area contributed by atoms with E-state index in [2.05, 4.69) is 36.6 Å². The van der Waals surface area contributed by atoms with Crippen molar-refractivity contribution in [1.29, 1.82) is 0 Å². The van der Waals surface area contributed by atoms with Crippen molar-refractivity contribution in [3.05, 3.63) is 27.1 Å². The van der Waals surface area contributed by atoms with Crippen molar-refractivity contribution in [2.75, 3.05) is 12.4 Å². The molecule has 3 nitrogen and oxygen atoms in total. The summed E-state index contributed by atoms with van der Waals surface area (Å²) in [6, 6.07) is 5.11. The fraction of sp³-hybridized carbons (Fsp3) is 0.538. The number of alkyl halides is 1. The molecule has 112 valence electrons. The van der Waals surface area contributed by atoms with Gasteiger partial charge in [0.15, 0.2) is 0 Å². The molecule has 0 amide bonds. The Balaban J connectivity index is 2.09. The third-order valence-corrected chi connectivity index (χ3v) is 7.04. The molecule has 2 atom stereocenters. The first-order valence-corrected chi connectivity index (χ1v) is 10.0. The van der Waals surface area contributed by atoms with Gasteiger partial charge in [-0.2, -0.15) is 0 Å². The van der Waals surface area contributed by atoms with Crippen molar-refractivity contribution in [2.45, 2.75) is 24.2 Å². The Hall–Kier alpha value is 0.380. The smallest absolute Gasteiger partial charge is 0.211 e. The zero-order chi connectivity index (χ0) is 14.8. The Morgan fingerprint density at radius 3 is 2.65 bits per heavy atom. The lowest BCUT2D eigenvalue weighted by molar-refractivity contribution is 0.418. The number of hydrogen-bond acceptors (Lipinski definition) is 2. The monoisotopic (exact) mass is 443 g/mol. The Labute approximate surface area is 141 Å². The van der Waals surface area contributed by atoms with Crippen LogP contribution >= 0.6 is 43.5 Å². The van der Waals surface area contributed by atoms with Crippen molar-refractivity contribution >= 4 is 53.5 Å². The number of rotatable bonds is 5. The average molecular weight is 446 g/mol. The quantitative estimate of drug-likeness (QED) is 0.693. The maximum absolute atomic E-state index is 12.4. The molecule has 0 spiro atoms. The van der Waals surface area contributed by atoms with E-state index in [1.54, 1.807) is 18.2 Å². The fourth-order valence-corrected chi connectivity index (χ4v) is 5.56. The van der Waals surface area contributed by atoms with Gasteiger partial charge < -0.3 is 0 Å². The van der Waals surface area contributed by atoms with E-state index in [0.717, 1.165) is 23.7 Å². The molecule has 1 aromatic rings. The summed E-state index contributed by atoms with van der Waals surface area (Å²) in [5, 5.41) is 0. The minimum Gasteiger partial charge on any atom is -0.211 e. The van der Waals surface area contributed by atoms with Gasteiger partial charge in [-0.15, -0.1) is 11.6 Å². The third-order valence-electron chi connectivity index (χ3n) is 3.73. The van der Waals surface area contributed by atoms with Crippen molar-refractivity contribution < 1.29 is 8.42 Å². The predicted octanol–water partition coefficient (Wildman–Crippen LogP) is 4.15. The van der Waals surface area contributed by atoms with Gasteiger partial charge in [0.1, 0.15) is 0 Å². The molecule has 1 aliphatic rings. The zero-order valence-electron chi connectivity index (χ0n) is 10.8. The second-order valence-electron chi connectivity index (χ2n) is 5.03. The number of nitrogens with one attached hydrogen (secondary N) is 1. The topological polar surface area (TPSA) is 46.2 Å². The van der Waals surface area contributed by atoms with Gasteiger partial charge in [-0.05, 0) is 58.8 Å². The second-order valence-corrected chi connectivity index (χ2v) is 8.85. The molecule has 2 rings (SSSR count). The highest BCUT2D eigenvalue weighted by atomic mass is 79.9. The summed E-state index contributed by atoms with van der Waals surface area (Å²) in [5.74, 6) is 1.37. The largest absolute Gasteiger partial charge is 0.241 e. The SMILES string of the molecule is O=S(=O)(NCC1CCCC1CCl)c1cc(Br)ccc1Br. The van der Waals surface area contributed by atoms with Crippen LogP contribution in [0.5, 0.6) is 0 Å². The fourth-order valence-electron chi connectivity index (χ4n) is 2.56. The van der Waals surface area contributed by atoms with Crippen LogP contribution in [-0.2, 0) is 10.0 Å². The van der Waals surface area contributed by atoms with Crippen molar-refractivity contribution in [1.82, 2.24) is 4.72 Å². The Bertz CT molecular complexity index is 580. The van der Waals surface area contributed by atoms with Crippen LogP contribution in [0.4, 0.5) is 0 Å². The molecule has 1 fully saturated rings. The van der Waals surface area contributed by atoms with E-state index in [9.17, 15) is 8.42 Å². The number of benzene rings is 1. The predicted molar refractivity (Wildman–Crippen MR) is 88.6 cm³/mol. The molecule has 0 heterocycles. The summed E-state index contributed by atoms with van der Waals surface area (Å²) < 4.78 is 28.7. The van der Waals surface area contributed by atoms with Crippen LogP contribution in [0.3, 0.4) is 0 Å². The first-order valence-electron chi connectivity index (χ1n) is 6.44. The van der Waals surface area contributed by atoms with Gasteiger partial charge in [-0.25, -0.2) is 13.1 Å². The van der Waals surface area contributed by atoms with E-state index >= 15 is 0 Å². The van der Waals surface area contributed by atoms with Crippen molar-refractivity contribution in [2.24, 2.45) is 11.8 Å². The highest BCUT2D eigenvalue weighted by Gasteiger charge is 2.28. The summed E-state index contributed by atoms with van der Waals surface area (Å²) in [7, 11) is -3.50. The van der Waals surface area contributed by atoms with Gasteiger partial charge in [0, 0.05) is 21.4 Å². The van der Waals surface area contributed by atoms with Gasteiger partial charge in [-0.1, -0.05) is 22.4 Å². The second kappa shape index (κ2) is 7.09. The van der Waals surface area contributed by atoms with Crippen LogP contribution in [0.15, 0.2) is 32.0 Å². The lowest BCUT2D eigenvalue weighted by Crippen LogP contribution is -2.31. The molecule has 0 aromatic heterocycles. The van der Waals surface area contributed by atoms with E-state index in [0.29, 0.717) is 28.7 Å². The number of sulfonamides is 1. The lowest BCUT2D eigenvalue weighted by Gasteiger charge is -2.18. The van der Waals surface area contributed by atoms with Gasteiger partial charge >= 0.3 is 0 Å². The van der Waals surface area contributed by atoms with E-state index < -0.39 is 10.0 Å². The van der Waals surface area contributed by atoms with Crippen LogP contribution in [0, 0.1) is 11.8 Å². The van der Waals surface area contributed by atoms with E-state index in [4.69, 9.17) is 11.6 Å². The minimum atomic E-state index is -3.50. The zero-order valence-corrected chi connectivity index (χ0v) is 15.5. The van der Waals surface area contributed by atoms with Crippen LogP contribution in [0.25, 0.3) is 0 Å². The van der Waals surface area contributed by atoms with Crippen molar-refractivity contribution in [3.63, 3.8) is 0 Å². The van der Waals surface area contributed by atoms with Gasteiger partial charge in [-0.3, -0.25) is 0 Å². The molecule has 0 saturated heterocycles. The molecular weight excluding hydrogens is 429 g/mol. The summed E-state index contributed by atoms with van der Waals surface area (Å²) in [6.45, 7) is 0.457. The summed E-state index contributed by atoms with van der Waals surface area (Å²) in [4.78, 5) is 0.257. The molecule has 2 unspecified atom stereocenters. The highest BCUT2D eigenvalue weighted by Crippen LogP contribution is 2.32. The molecule has 1 aromatic carbocycles. The number of halogens is 3.